The van der Waals surface area contributed by atoms with Crippen LogP contribution in [0.2, 0.25) is 0 Å². The Bertz CT molecular complexity index is 1150. The Balaban J connectivity index is 2.52. The van der Waals surface area contributed by atoms with Crippen LogP contribution < -0.4 is 0 Å². The monoisotopic (exact) mass is 837 g/mol. The lowest BCUT2D eigenvalue weighted by molar-refractivity contribution is -0.161. The quantitative estimate of drug-likeness (QED) is 0.0168. The minimum atomic E-state index is -4.72. The van der Waals surface area contributed by atoms with Crippen LogP contribution in [0.4, 0.5) is 0 Å². The van der Waals surface area contributed by atoms with Gasteiger partial charge in [0.2, 0.25) is 0 Å². The number of phosphoric ester groups is 1. The van der Waals surface area contributed by atoms with Crippen molar-refractivity contribution in [1.29, 1.82) is 0 Å². The van der Waals surface area contributed by atoms with E-state index in [0.29, 0.717) is 19.3 Å². The lowest BCUT2D eigenvalue weighted by Gasteiger charge is -2.21. The smallest absolute Gasteiger partial charge is 0.462 e. The molecule has 0 heterocycles. The van der Waals surface area contributed by atoms with Gasteiger partial charge in [0.25, 0.3) is 0 Å². The second kappa shape index (κ2) is 32.1. The van der Waals surface area contributed by atoms with Gasteiger partial charge >= 0.3 is 19.8 Å². The number of unbranched alkanes of at least 4 members (excludes halogenated alkanes) is 12. The lowest BCUT2D eigenvalue weighted by Crippen LogP contribution is -2.30. The van der Waals surface area contributed by atoms with Crippen molar-refractivity contribution in [3.05, 3.63) is 12.2 Å². The van der Waals surface area contributed by atoms with Gasteiger partial charge in [-0.05, 0) is 31.6 Å². The highest BCUT2D eigenvalue weighted by Crippen LogP contribution is 2.43. The highest BCUT2D eigenvalue weighted by atomic mass is 31.2. The standard InChI is InChI=1S/C42H77O14P/c1-4-5-14-20-33(44)24-25-37-38(40(48)27-39(37)47)26-34(45)21-17-18-23-42(50)56-36(31-55-57(51,52)54-29-35(46)28-43)30-53-41(49)22-16-13-11-9-7-6-8-10-12-15-19-32(2)3/h24-25,32-33,35-40,43-44,46-48H,4-23,26-31H2,1-3H3,(H,51,52)/b25-24+/t33-,35-,36+,37+,38+,39+,40-/m0/s1. The third-order valence-corrected chi connectivity index (χ3v) is 11.3. The van der Waals surface area contributed by atoms with E-state index in [1.165, 1.54) is 44.9 Å². The summed E-state index contributed by atoms with van der Waals surface area (Å²) in [6, 6.07) is 0. The number of Topliss-reactive ketones (excluding diaryl/α,β-unsaturated/α-hetero) is 1. The Hall–Kier alpha value is -1.74. The number of esters is 2. The molecule has 1 aliphatic rings. The van der Waals surface area contributed by atoms with Crippen LogP contribution in [-0.2, 0) is 37.5 Å². The number of carbonyl (C=O) groups excluding carboxylic acids is 3. The molecule has 1 aliphatic carbocycles. The van der Waals surface area contributed by atoms with Gasteiger partial charge in [-0.15, -0.1) is 0 Å². The first-order valence-electron chi connectivity index (χ1n) is 21.7. The molecule has 0 aromatic rings. The molecule has 8 atom stereocenters. The summed E-state index contributed by atoms with van der Waals surface area (Å²) in [6.07, 6.45) is 15.4. The molecular formula is C42H77O14P. The minimum Gasteiger partial charge on any atom is -0.462 e. The normalized spacial score (nSPS) is 21.1. The first kappa shape index (κ1) is 53.3. The van der Waals surface area contributed by atoms with E-state index >= 15 is 0 Å². The maximum atomic E-state index is 12.8. The third kappa shape index (κ3) is 27.6. The molecule has 0 bridgehead atoms. The van der Waals surface area contributed by atoms with Crippen molar-refractivity contribution >= 4 is 25.5 Å². The second-order valence-corrected chi connectivity index (χ2v) is 17.6. The Morgan fingerprint density at radius 3 is 1.93 bits per heavy atom. The molecule has 334 valence electrons. The maximum absolute atomic E-state index is 12.8. The molecule has 1 fully saturated rings. The van der Waals surface area contributed by atoms with E-state index < -0.39 is 88.5 Å². The zero-order valence-electron chi connectivity index (χ0n) is 35.1. The van der Waals surface area contributed by atoms with Crippen molar-refractivity contribution in [3.8, 4) is 0 Å². The number of aliphatic hydroxyl groups excluding tert-OH is 5. The first-order valence-corrected chi connectivity index (χ1v) is 23.2. The molecule has 6 N–H and O–H groups in total. The molecule has 0 saturated heterocycles. The Labute approximate surface area is 341 Å². The average Bonchev–Trinajstić information content (AvgIpc) is 3.43. The molecule has 15 heteroatoms. The molecule has 0 amide bonds. The number of carbonyl (C=O) groups is 3. The molecule has 14 nitrogen and oxygen atoms in total. The van der Waals surface area contributed by atoms with Gasteiger partial charge < -0.3 is 39.9 Å². The largest absolute Gasteiger partial charge is 0.472 e. The summed E-state index contributed by atoms with van der Waals surface area (Å²) in [5.41, 5.74) is 0. The van der Waals surface area contributed by atoms with E-state index in [4.69, 9.17) is 19.1 Å². The van der Waals surface area contributed by atoms with Crippen LogP contribution in [0.25, 0.3) is 0 Å². The molecule has 0 spiro atoms. The van der Waals surface area contributed by atoms with Crippen LogP contribution >= 0.6 is 7.82 Å². The Morgan fingerprint density at radius 2 is 1.30 bits per heavy atom. The molecule has 0 radical (unpaired) electrons. The number of hydrogen-bond acceptors (Lipinski definition) is 13. The summed E-state index contributed by atoms with van der Waals surface area (Å²) in [5, 5.41) is 49.6. The van der Waals surface area contributed by atoms with Gasteiger partial charge in [-0.2, -0.15) is 0 Å². The Kier molecular flexibility index (Phi) is 30.0. The molecule has 1 saturated carbocycles. The summed E-state index contributed by atoms with van der Waals surface area (Å²) < 4.78 is 32.6. The minimum absolute atomic E-state index is 0.0474. The zero-order chi connectivity index (χ0) is 42.5. The topological polar surface area (TPSA) is 227 Å². The van der Waals surface area contributed by atoms with Crippen LogP contribution in [-0.4, -0.2) is 105 Å². The number of ketones is 1. The summed E-state index contributed by atoms with van der Waals surface area (Å²) in [6.45, 7) is 4.12. The number of ether oxygens (including phenoxy) is 2. The second-order valence-electron chi connectivity index (χ2n) is 16.2. The predicted molar refractivity (Wildman–Crippen MR) is 217 cm³/mol. The summed E-state index contributed by atoms with van der Waals surface area (Å²) in [7, 11) is -4.72. The van der Waals surface area contributed by atoms with Crippen LogP contribution in [0, 0.1) is 17.8 Å². The number of aliphatic hydroxyl groups is 5. The fraction of sp³-hybridized carbons (Fsp3) is 0.881. The van der Waals surface area contributed by atoms with Gasteiger partial charge in [0.1, 0.15) is 18.5 Å². The molecule has 0 aromatic heterocycles. The fourth-order valence-electron chi connectivity index (χ4n) is 6.88. The van der Waals surface area contributed by atoms with Crippen molar-refractivity contribution in [1.82, 2.24) is 0 Å². The molecule has 1 unspecified atom stereocenters. The SMILES string of the molecule is CCCCC[C@H](O)/C=C/[C@@H]1[C@@H](CC(=O)CCCCC(=O)O[C@H](COC(=O)CCCCCCCCCCCCC(C)C)COP(=O)(O)OC[C@@H](O)CO)[C@@H](O)C[C@H]1O. The van der Waals surface area contributed by atoms with E-state index in [2.05, 4.69) is 25.3 Å². The van der Waals surface area contributed by atoms with E-state index in [1.54, 1.807) is 12.2 Å². The molecule has 0 aromatic carbocycles. The highest BCUT2D eigenvalue weighted by Gasteiger charge is 2.41. The summed E-state index contributed by atoms with van der Waals surface area (Å²) in [4.78, 5) is 48.0. The van der Waals surface area contributed by atoms with Crippen LogP contribution in [0.5, 0.6) is 0 Å². The van der Waals surface area contributed by atoms with Crippen molar-refractivity contribution in [2.45, 2.75) is 193 Å². The van der Waals surface area contributed by atoms with Gasteiger partial charge in [-0.1, -0.05) is 116 Å². The number of hydrogen-bond donors (Lipinski definition) is 6. The van der Waals surface area contributed by atoms with Gasteiger partial charge in [0.05, 0.1) is 38.1 Å². The van der Waals surface area contributed by atoms with E-state index in [0.717, 1.165) is 44.4 Å². The van der Waals surface area contributed by atoms with E-state index in [1.807, 2.05) is 0 Å². The summed E-state index contributed by atoms with van der Waals surface area (Å²) in [5.74, 6) is -1.52. The maximum Gasteiger partial charge on any atom is 0.472 e. The number of phosphoric acid groups is 1. The molecule has 0 aliphatic heterocycles. The van der Waals surface area contributed by atoms with Crippen LogP contribution in [0.1, 0.15) is 162 Å². The predicted octanol–water partition coefficient (Wildman–Crippen LogP) is 6.64. The Morgan fingerprint density at radius 1 is 0.737 bits per heavy atom. The van der Waals surface area contributed by atoms with Gasteiger partial charge in [-0.25, -0.2) is 4.57 Å². The van der Waals surface area contributed by atoms with Crippen molar-refractivity contribution in [2.75, 3.05) is 26.4 Å². The van der Waals surface area contributed by atoms with Crippen LogP contribution in [0.3, 0.4) is 0 Å². The van der Waals surface area contributed by atoms with Crippen molar-refractivity contribution < 1.29 is 67.9 Å². The highest BCUT2D eigenvalue weighted by molar-refractivity contribution is 7.47. The van der Waals surface area contributed by atoms with Crippen LogP contribution in [0.15, 0.2) is 12.2 Å². The molecule has 57 heavy (non-hydrogen) atoms. The molecule has 1 rings (SSSR count). The number of rotatable bonds is 36. The van der Waals surface area contributed by atoms with Gasteiger partial charge in [0.15, 0.2) is 6.10 Å². The van der Waals surface area contributed by atoms with Gasteiger partial charge in [0, 0.05) is 43.9 Å². The van der Waals surface area contributed by atoms with Crippen molar-refractivity contribution in [3.63, 3.8) is 0 Å². The van der Waals surface area contributed by atoms with Crippen molar-refractivity contribution in [2.24, 2.45) is 17.8 Å². The summed E-state index contributed by atoms with van der Waals surface area (Å²) >= 11 is 0. The van der Waals surface area contributed by atoms with E-state index in [9.17, 15) is 44.3 Å². The van der Waals surface area contributed by atoms with Gasteiger partial charge in [-0.3, -0.25) is 23.4 Å². The third-order valence-electron chi connectivity index (χ3n) is 10.3. The van der Waals surface area contributed by atoms with E-state index in [-0.39, 0.29) is 44.3 Å². The first-order chi connectivity index (χ1) is 27.2. The lowest BCUT2D eigenvalue weighted by atomic mass is 9.87. The fourth-order valence-corrected chi connectivity index (χ4v) is 7.67. The zero-order valence-corrected chi connectivity index (χ0v) is 35.9. The molecular weight excluding hydrogens is 759 g/mol. The average molecular weight is 837 g/mol.